The van der Waals surface area contributed by atoms with Gasteiger partial charge in [-0.1, -0.05) is 13.8 Å². The van der Waals surface area contributed by atoms with Crippen LogP contribution in [0.5, 0.6) is 0 Å². The minimum atomic E-state index is 0.222. The minimum Gasteiger partial charge on any atom is -0.330 e. The van der Waals surface area contributed by atoms with Crippen molar-refractivity contribution in [2.45, 2.75) is 33.1 Å². The summed E-state index contributed by atoms with van der Waals surface area (Å²) < 4.78 is 1.81. The second-order valence-electron chi connectivity index (χ2n) is 4.87. The number of aromatic nitrogens is 4. The van der Waals surface area contributed by atoms with Crippen molar-refractivity contribution in [2.24, 2.45) is 11.7 Å². The van der Waals surface area contributed by atoms with Crippen molar-refractivity contribution in [1.82, 2.24) is 19.8 Å². The van der Waals surface area contributed by atoms with Gasteiger partial charge in [0.1, 0.15) is 0 Å². The van der Waals surface area contributed by atoms with Gasteiger partial charge < -0.3 is 5.73 Å². The van der Waals surface area contributed by atoms with Crippen molar-refractivity contribution in [3.8, 4) is 0 Å². The van der Waals surface area contributed by atoms with Gasteiger partial charge in [0.2, 0.25) is 0 Å². The van der Waals surface area contributed by atoms with Gasteiger partial charge in [-0.25, -0.2) is 0 Å². The van der Waals surface area contributed by atoms with E-state index in [9.17, 15) is 0 Å². The Morgan fingerprint density at radius 1 is 1.29 bits per heavy atom. The molecule has 0 aliphatic heterocycles. The maximum Gasteiger partial charge on any atom is 0.177 e. The molecule has 0 aromatic carbocycles. The van der Waals surface area contributed by atoms with Crippen LogP contribution in [0.25, 0.3) is 5.65 Å². The van der Waals surface area contributed by atoms with Crippen molar-refractivity contribution in [3.63, 3.8) is 0 Å². The van der Waals surface area contributed by atoms with E-state index in [0.29, 0.717) is 12.5 Å². The molecule has 2 rings (SSSR count). The Balaban J connectivity index is 2.42. The molecule has 0 fully saturated rings. The number of nitrogens with zero attached hydrogens (tertiary/aromatic N) is 4. The molecule has 17 heavy (non-hydrogen) atoms. The Hall–Kier alpha value is -1.49. The van der Waals surface area contributed by atoms with Crippen molar-refractivity contribution in [3.05, 3.63) is 23.7 Å². The molecule has 1 atom stereocenters. The van der Waals surface area contributed by atoms with E-state index in [1.54, 1.807) is 0 Å². The van der Waals surface area contributed by atoms with Gasteiger partial charge in [-0.3, -0.25) is 0 Å². The average Bonchev–Trinajstić information content (AvgIpc) is 2.68. The van der Waals surface area contributed by atoms with Crippen LogP contribution >= 0.6 is 0 Å². The molecule has 2 aromatic rings. The van der Waals surface area contributed by atoms with Gasteiger partial charge in [-0.15, -0.1) is 10.2 Å². The highest BCUT2D eigenvalue weighted by molar-refractivity contribution is 5.36. The van der Waals surface area contributed by atoms with Crippen molar-refractivity contribution >= 4 is 5.65 Å². The van der Waals surface area contributed by atoms with Gasteiger partial charge in [0.05, 0.1) is 5.69 Å². The molecule has 0 saturated heterocycles. The summed E-state index contributed by atoms with van der Waals surface area (Å²) in [7, 11) is 0. The average molecular weight is 233 g/mol. The summed E-state index contributed by atoms with van der Waals surface area (Å²) in [6, 6.07) is 3.87. The Morgan fingerprint density at radius 2 is 2.06 bits per heavy atom. The molecule has 0 aliphatic rings. The maximum atomic E-state index is 5.83. The smallest absolute Gasteiger partial charge is 0.177 e. The van der Waals surface area contributed by atoms with Crippen molar-refractivity contribution in [2.75, 3.05) is 6.54 Å². The first-order valence-electron chi connectivity index (χ1n) is 6.01. The van der Waals surface area contributed by atoms with Crippen LogP contribution in [0.2, 0.25) is 0 Å². The molecule has 5 heteroatoms. The van der Waals surface area contributed by atoms with Crippen LogP contribution in [0.4, 0.5) is 0 Å². The molecule has 5 nitrogen and oxygen atoms in total. The molecule has 0 amide bonds. The summed E-state index contributed by atoms with van der Waals surface area (Å²) >= 11 is 0. The number of aryl methyl sites for hydroxylation is 1. The Bertz CT molecular complexity index is 503. The summed E-state index contributed by atoms with van der Waals surface area (Å²) in [6.07, 6.45) is 1.01. The van der Waals surface area contributed by atoms with Crippen LogP contribution in [0.15, 0.2) is 12.1 Å². The highest BCUT2D eigenvalue weighted by Crippen LogP contribution is 2.21. The van der Waals surface area contributed by atoms with E-state index in [2.05, 4.69) is 29.1 Å². The largest absolute Gasteiger partial charge is 0.330 e. The highest BCUT2D eigenvalue weighted by Gasteiger charge is 2.18. The zero-order valence-corrected chi connectivity index (χ0v) is 10.6. The summed E-state index contributed by atoms with van der Waals surface area (Å²) in [5.74, 6) is 1.68. The first-order chi connectivity index (χ1) is 8.11. The summed E-state index contributed by atoms with van der Waals surface area (Å²) in [5.41, 5.74) is 7.57. The fourth-order valence-electron chi connectivity index (χ4n) is 2.03. The molecule has 0 spiro atoms. The number of hydrogen-bond acceptors (Lipinski definition) is 4. The third-order valence-electron chi connectivity index (χ3n) is 2.83. The second-order valence-corrected chi connectivity index (χ2v) is 4.87. The third-order valence-corrected chi connectivity index (χ3v) is 2.83. The summed E-state index contributed by atoms with van der Waals surface area (Å²) in [5, 5.41) is 12.8. The van der Waals surface area contributed by atoms with E-state index in [4.69, 9.17) is 5.73 Å². The molecule has 0 saturated carbocycles. The van der Waals surface area contributed by atoms with Gasteiger partial charge in [0, 0.05) is 12.5 Å². The van der Waals surface area contributed by atoms with E-state index in [0.717, 1.165) is 23.6 Å². The van der Waals surface area contributed by atoms with Gasteiger partial charge >= 0.3 is 0 Å². The Kier molecular flexibility index (Phi) is 3.38. The molecule has 2 N–H and O–H groups in total. The van der Waals surface area contributed by atoms with Gasteiger partial charge in [0.15, 0.2) is 11.5 Å². The molecule has 92 valence electrons. The number of hydrogen-bond donors (Lipinski definition) is 1. The van der Waals surface area contributed by atoms with Crippen LogP contribution in [0.1, 0.15) is 37.7 Å². The number of nitrogens with two attached hydrogens (primary N) is 1. The first kappa shape index (κ1) is 12.0. The maximum absolute atomic E-state index is 5.83. The van der Waals surface area contributed by atoms with Crippen LogP contribution in [0.3, 0.4) is 0 Å². The standard InChI is InChI=1S/C12H19N5/c1-8(2)6-10(7-13)12-15-14-11-5-4-9(3)16-17(11)12/h4-5,8,10H,6-7,13H2,1-3H3. The lowest BCUT2D eigenvalue weighted by Gasteiger charge is -2.14. The predicted octanol–water partition coefficient (Wildman–Crippen LogP) is 1.52. The number of rotatable bonds is 4. The lowest BCUT2D eigenvalue weighted by molar-refractivity contribution is 0.480. The topological polar surface area (TPSA) is 69.1 Å². The van der Waals surface area contributed by atoms with E-state index < -0.39 is 0 Å². The highest BCUT2D eigenvalue weighted by atomic mass is 15.4. The lowest BCUT2D eigenvalue weighted by Crippen LogP contribution is -2.18. The number of fused-ring (bicyclic) bond motifs is 1. The molecular weight excluding hydrogens is 214 g/mol. The van der Waals surface area contributed by atoms with E-state index >= 15 is 0 Å². The fourth-order valence-corrected chi connectivity index (χ4v) is 2.03. The summed E-state index contributed by atoms with van der Waals surface area (Å²) in [6.45, 7) is 6.91. The molecule has 0 aliphatic carbocycles. The van der Waals surface area contributed by atoms with Crippen LogP contribution < -0.4 is 5.73 Å². The Labute approximate surface area is 101 Å². The zero-order valence-electron chi connectivity index (χ0n) is 10.6. The molecule has 2 heterocycles. The van der Waals surface area contributed by atoms with Crippen molar-refractivity contribution < 1.29 is 0 Å². The molecule has 0 radical (unpaired) electrons. The van der Waals surface area contributed by atoms with Crippen LogP contribution in [-0.2, 0) is 0 Å². The van der Waals surface area contributed by atoms with E-state index in [1.165, 1.54) is 0 Å². The van der Waals surface area contributed by atoms with Gasteiger partial charge in [-0.05, 0) is 31.4 Å². The zero-order chi connectivity index (χ0) is 12.4. The lowest BCUT2D eigenvalue weighted by atomic mass is 9.97. The van der Waals surface area contributed by atoms with Crippen LogP contribution in [0, 0.1) is 12.8 Å². The predicted molar refractivity (Wildman–Crippen MR) is 66.8 cm³/mol. The monoisotopic (exact) mass is 233 g/mol. The second kappa shape index (κ2) is 4.79. The third kappa shape index (κ3) is 2.44. The fraction of sp³-hybridized carbons (Fsp3) is 0.583. The van der Waals surface area contributed by atoms with Gasteiger partial charge in [-0.2, -0.15) is 9.61 Å². The SMILES string of the molecule is Cc1ccc2nnc(C(CN)CC(C)C)n2n1. The minimum absolute atomic E-state index is 0.222. The molecular formula is C12H19N5. The van der Waals surface area contributed by atoms with E-state index in [-0.39, 0.29) is 5.92 Å². The Morgan fingerprint density at radius 3 is 2.71 bits per heavy atom. The molecule has 1 unspecified atom stereocenters. The van der Waals surface area contributed by atoms with Crippen molar-refractivity contribution in [1.29, 1.82) is 0 Å². The van der Waals surface area contributed by atoms with Crippen LogP contribution in [-0.4, -0.2) is 26.4 Å². The van der Waals surface area contributed by atoms with E-state index in [1.807, 2.05) is 23.6 Å². The molecule has 0 bridgehead atoms. The van der Waals surface area contributed by atoms with Gasteiger partial charge in [0.25, 0.3) is 0 Å². The molecule has 2 aromatic heterocycles. The summed E-state index contributed by atoms with van der Waals surface area (Å²) in [4.78, 5) is 0. The normalized spacial score (nSPS) is 13.5. The quantitative estimate of drug-likeness (QED) is 0.869. The first-order valence-corrected chi connectivity index (χ1v) is 6.01.